The minimum Gasteiger partial charge on any atom is -0.872 e. The van der Waals surface area contributed by atoms with Crippen molar-refractivity contribution in [3.05, 3.63) is 65.0 Å². The molecule has 0 spiro atoms. The molecule has 29 heavy (non-hydrogen) atoms. The molecule has 5 nitrogen and oxygen atoms in total. The van der Waals surface area contributed by atoms with Crippen molar-refractivity contribution in [3.8, 4) is 11.5 Å². The van der Waals surface area contributed by atoms with E-state index in [1.165, 1.54) is 11.0 Å². The third-order valence-corrected chi connectivity index (χ3v) is 5.55. The molecular weight excluding hydrogens is 364 g/mol. The van der Waals surface area contributed by atoms with Gasteiger partial charge in [-0.2, -0.15) is 0 Å². The predicted molar refractivity (Wildman–Crippen MR) is 112 cm³/mol. The maximum Gasteiger partial charge on any atom is 0.231 e. The minimum atomic E-state index is -0.166. The van der Waals surface area contributed by atoms with Crippen molar-refractivity contribution in [2.24, 2.45) is 7.05 Å². The number of rotatable bonds is 6. The van der Waals surface area contributed by atoms with Gasteiger partial charge in [-0.05, 0) is 24.6 Å². The Balaban J connectivity index is 1.69. The highest BCUT2D eigenvalue weighted by atomic mass is 16.5. The molecule has 1 N–H and O–H groups in total. The summed E-state index contributed by atoms with van der Waals surface area (Å²) in [6.07, 6.45) is 5.98. The summed E-state index contributed by atoms with van der Waals surface area (Å²) in [4.78, 5) is 14.2. The minimum absolute atomic E-state index is 0.0705. The summed E-state index contributed by atoms with van der Waals surface area (Å²) in [5.74, 6) is 0.471. The number of quaternary nitrogens is 1. The summed E-state index contributed by atoms with van der Waals surface area (Å²) in [7, 11) is 4.05. The summed E-state index contributed by atoms with van der Waals surface area (Å²) in [5.41, 5.74) is 3.08. The molecule has 5 heteroatoms. The number of ketones is 1. The third-order valence-electron chi connectivity index (χ3n) is 5.55. The Morgan fingerprint density at radius 3 is 2.79 bits per heavy atom. The van der Waals surface area contributed by atoms with Gasteiger partial charge in [0.05, 0.1) is 19.2 Å². The number of carbonyl (C=O) groups is 1. The first-order valence-electron chi connectivity index (χ1n) is 10.1. The lowest BCUT2D eigenvalue weighted by atomic mass is 10.0. The van der Waals surface area contributed by atoms with Crippen LogP contribution < -0.4 is 14.7 Å². The van der Waals surface area contributed by atoms with Crippen molar-refractivity contribution in [2.45, 2.75) is 26.3 Å². The average molecular weight is 390 g/mol. The molecule has 1 atom stereocenters. The van der Waals surface area contributed by atoms with Crippen molar-refractivity contribution < 1.29 is 19.5 Å². The van der Waals surface area contributed by atoms with Gasteiger partial charge in [-0.1, -0.05) is 43.4 Å². The summed E-state index contributed by atoms with van der Waals surface area (Å²) < 4.78 is 8.02. The lowest BCUT2D eigenvalue weighted by molar-refractivity contribution is -0.894. The van der Waals surface area contributed by atoms with E-state index in [1.54, 1.807) is 12.1 Å². The molecule has 0 saturated carbocycles. The van der Waals surface area contributed by atoms with Crippen molar-refractivity contribution in [1.82, 2.24) is 4.57 Å². The topological polar surface area (TPSA) is 58.7 Å². The molecule has 1 unspecified atom stereocenters. The van der Waals surface area contributed by atoms with Gasteiger partial charge in [0.15, 0.2) is 5.76 Å². The zero-order chi connectivity index (χ0) is 20.5. The lowest BCUT2D eigenvalue weighted by Gasteiger charge is -2.20. The molecule has 2 aromatic carbocycles. The normalized spacial score (nSPS) is 15.7. The van der Waals surface area contributed by atoms with E-state index in [0.717, 1.165) is 35.9 Å². The molecule has 4 rings (SSSR count). The molecular formula is C24H26N2O3. The Labute approximate surface area is 170 Å². The maximum atomic E-state index is 13.0. The standard InChI is InChI=1S/C24H26N2O3/c1-4-5-12-25(2)15-19-21(27)11-10-18-23(28)22(29-24(18)19)13-16-14-26(3)20-9-7-6-8-17(16)20/h6-11,13-14,27H,4-5,12,15H2,1-3H3/b22-13-. The van der Waals surface area contributed by atoms with Gasteiger partial charge in [0.2, 0.25) is 5.78 Å². The number of ether oxygens (including phenoxy) is 1. The van der Waals surface area contributed by atoms with Crippen LogP contribution in [0.1, 0.15) is 41.3 Å². The molecule has 3 aromatic rings. The van der Waals surface area contributed by atoms with Crippen LogP contribution in [0.4, 0.5) is 0 Å². The number of fused-ring (bicyclic) bond motifs is 2. The quantitative estimate of drug-likeness (QED) is 0.659. The highest BCUT2D eigenvalue weighted by Crippen LogP contribution is 2.38. The molecule has 0 radical (unpaired) electrons. The van der Waals surface area contributed by atoms with Crippen molar-refractivity contribution in [3.63, 3.8) is 0 Å². The summed E-state index contributed by atoms with van der Waals surface area (Å²) in [5, 5.41) is 13.6. The second-order valence-corrected chi connectivity index (χ2v) is 7.81. The van der Waals surface area contributed by atoms with E-state index >= 15 is 0 Å². The molecule has 0 aliphatic carbocycles. The van der Waals surface area contributed by atoms with Crippen molar-refractivity contribution in [1.29, 1.82) is 0 Å². The van der Waals surface area contributed by atoms with Crippen molar-refractivity contribution >= 4 is 22.8 Å². The van der Waals surface area contributed by atoms with Crippen molar-refractivity contribution in [2.75, 3.05) is 13.6 Å². The smallest absolute Gasteiger partial charge is 0.231 e. The van der Waals surface area contributed by atoms with Crippen LogP contribution in [0.15, 0.2) is 48.4 Å². The van der Waals surface area contributed by atoms with Gasteiger partial charge < -0.3 is 19.3 Å². The predicted octanol–water partition coefficient (Wildman–Crippen LogP) is 2.68. The Kier molecular flexibility index (Phi) is 5.16. The number of nitrogens with one attached hydrogen (secondary N) is 1. The lowest BCUT2D eigenvalue weighted by Crippen LogP contribution is -3.07. The van der Waals surface area contributed by atoms with Crippen LogP contribution >= 0.6 is 0 Å². The number of carbonyl (C=O) groups excluding carboxylic acids is 1. The molecule has 1 aromatic heterocycles. The summed E-state index contributed by atoms with van der Waals surface area (Å²) in [6, 6.07) is 11.1. The number of para-hydroxylation sites is 1. The van der Waals surface area contributed by atoms with E-state index in [-0.39, 0.29) is 17.3 Å². The monoisotopic (exact) mass is 390 g/mol. The SMILES string of the molecule is CCCC[NH+](C)Cc1c([O-])ccc2c1O/C(=C\c1cn(C)c3ccccc13)C2=O. The third kappa shape index (κ3) is 3.54. The van der Waals surface area contributed by atoms with E-state index in [2.05, 4.69) is 14.0 Å². The number of nitrogens with zero attached hydrogens (tertiary/aromatic N) is 1. The van der Waals surface area contributed by atoms with Gasteiger partial charge in [-0.3, -0.25) is 4.79 Å². The number of allylic oxidation sites excluding steroid dienone is 1. The Bertz CT molecular complexity index is 1110. The Morgan fingerprint density at radius 1 is 1.21 bits per heavy atom. The second kappa shape index (κ2) is 7.76. The maximum absolute atomic E-state index is 13.0. The number of aryl methyl sites for hydroxylation is 1. The van der Waals surface area contributed by atoms with Crippen LogP contribution in [0.25, 0.3) is 17.0 Å². The Morgan fingerprint density at radius 2 is 2.00 bits per heavy atom. The first-order chi connectivity index (χ1) is 14.0. The summed E-state index contributed by atoms with van der Waals surface area (Å²) in [6.45, 7) is 3.68. The number of hydrogen-bond acceptors (Lipinski definition) is 3. The first-order valence-corrected chi connectivity index (χ1v) is 10.1. The molecule has 1 aliphatic rings. The Hall–Kier alpha value is -3.05. The van der Waals surface area contributed by atoms with Crippen LogP contribution in [-0.4, -0.2) is 23.9 Å². The van der Waals surface area contributed by atoms with Crippen LogP contribution in [0.2, 0.25) is 0 Å². The highest BCUT2D eigenvalue weighted by molar-refractivity contribution is 6.15. The molecule has 0 amide bonds. The van der Waals surface area contributed by atoms with Gasteiger partial charge in [0, 0.05) is 35.3 Å². The van der Waals surface area contributed by atoms with Gasteiger partial charge in [0.25, 0.3) is 0 Å². The van der Waals surface area contributed by atoms with Gasteiger partial charge in [-0.15, -0.1) is 0 Å². The van der Waals surface area contributed by atoms with E-state index in [0.29, 0.717) is 23.4 Å². The molecule has 0 fully saturated rings. The highest BCUT2D eigenvalue weighted by Gasteiger charge is 2.31. The number of hydrogen-bond donors (Lipinski definition) is 1. The summed E-state index contributed by atoms with van der Waals surface area (Å²) >= 11 is 0. The average Bonchev–Trinajstić information content (AvgIpc) is 3.20. The van der Waals surface area contributed by atoms with Crippen LogP contribution in [0, 0.1) is 0 Å². The van der Waals surface area contributed by atoms with Crippen LogP contribution in [0.5, 0.6) is 11.5 Å². The number of aromatic nitrogens is 1. The molecule has 2 heterocycles. The van der Waals surface area contributed by atoms with E-state index < -0.39 is 0 Å². The first kappa shape index (κ1) is 19.3. The fourth-order valence-corrected chi connectivity index (χ4v) is 3.95. The van der Waals surface area contributed by atoms with E-state index in [9.17, 15) is 9.90 Å². The zero-order valence-corrected chi connectivity index (χ0v) is 17.1. The largest absolute Gasteiger partial charge is 0.872 e. The van der Waals surface area contributed by atoms with Crippen LogP contribution in [0.3, 0.4) is 0 Å². The molecule has 150 valence electrons. The van der Waals surface area contributed by atoms with E-state index in [1.807, 2.05) is 42.1 Å². The molecule has 0 saturated heterocycles. The van der Waals surface area contributed by atoms with E-state index in [4.69, 9.17) is 4.74 Å². The van der Waals surface area contributed by atoms with Gasteiger partial charge >= 0.3 is 0 Å². The molecule has 1 aliphatic heterocycles. The fourth-order valence-electron chi connectivity index (χ4n) is 3.95. The number of unbranched alkanes of at least 4 members (excludes halogenated alkanes) is 1. The number of Topliss-reactive ketones (excluding diaryl/α,β-unsaturated/α-hetero) is 1. The second-order valence-electron chi connectivity index (χ2n) is 7.81. The number of benzene rings is 2. The molecule has 0 bridgehead atoms. The zero-order valence-electron chi connectivity index (χ0n) is 17.1. The fraction of sp³-hybridized carbons (Fsp3) is 0.292. The van der Waals surface area contributed by atoms with Gasteiger partial charge in [-0.25, -0.2) is 0 Å². The van der Waals surface area contributed by atoms with Gasteiger partial charge in [0.1, 0.15) is 12.3 Å². The van der Waals surface area contributed by atoms with Crippen LogP contribution in [-0.2, 0) is 13.6 Å².